The number of hydrogen-bond donors (Lipinski definition) is 0. The minimum Gasteiger partial charge on any atom is -0.300 e. The molecule has 0 aromatic heterocycles. The van der Waals surface area contributed by atoms with Gasteiger partial charge in [-0.1, -0.05) is 140 Å². The predicted octanol–water partition coefficient (Wildman–Crippen LogP) is 7.75. The SMILES string of the molecule is CC(=O)c1ccc(C(=O)CCN2CCN(Cc3ccccc3)CC2)cc1.O=C(CCN1CCN(Cc2ccccc2)CC1)c1ccc(C(=O)CCN2CCN(Cc3ccccc3)CC2)cc1. The Hall–Kier alpha value is -5.46. The van der Waals surface area contributed by atoms with Gasteiger partial charge in [-0.25, -0.2) is 0 Å². The second-order valence-electron chi connectivity index (χ2n) is 18.0. The first-order valence-electron chi connectivity index (χ1n) is 24.0. The molecule has 3 heterocycles. The van der Waals surface area contributed by atoms with Crippen LogP contribution in [0.2, 0.25) is 0 Å². The molecule has 5 aromatic rings. The average molecular weight is 889 g/mol. The summed E-state index contributed by atoms with van der Waals surface area (Å²) in [5.41, 5.74) is 6.80. The van der Waals surface area contributed by atoms with Gasteiger partial charge in [0.05, 0.1) is 0 Å². The molecule has 10 heteroatoms. The van der Waals surface area contributed by atoms with E-state index in [2.05, 4.69) is 114 Å². The van der Waals surface area contributed by atoms with Gasteiger partial charge in [0.2, 0.25) is 0 Å². The Morgan fingerprint density at radius 1 is 0.318 bits per heavy atom. The summed E-state index contributed by atoms with van der Waals surface area (Å²) in [7, 11) is 0. The lowest BCUT2D eigenvalue weighted by molar-refractivity contribution is 0.0912. The molecule has 3 aliphatic rings. The Bertz CT molecular complexity index is 2150. The molecule has 0 N–H and O–H groups in total. The fourth-order valence-electron chi connectivity index (χ4n) is 8.98. The summed E-state index contributed by atoms with van der Waals surface area (Å²) >= 11 is 0. The van der Waals surface area contributed by atoms with E-state index in [1.165, 1.54) is 23.6 Å². The maximum absolute atomic E-state index is 12.8. The van der Waals surface area contributed by atoms with E-state index in [-0.39, 0.29) is 23.1 Å². The normalized spacial score (nSPS) is 16.9. The minimum atomic E-state index is 0.0253. The molecule has 3 fully saturated rings. The van der Waals surface area contributed by atoms with Gasteiger partial charge in [-0.05, 0) is 23.6 Å². The molecule has 10 nitrogen and oxygen atoms in total. The number of ketones is 4. The summed E-state index contributed by atoms with van der Waals surface area (Å²) in [6.45, 7) is 19.1. The van der Waals surface area contributed by atoms with Crippen LogP contribution in [0.15, 0.2) is 140 Å². The van der Waals surface area contributed by atoms with Crippen molar-refractivity contribution in [3.8, 4) is 0 Å². The Morgan fingerprint density at radius 3 is 0.788 bits per heavy atom. The number of hydrogen-bond acceptors (Lipinski definition) is 10. The van der Waals surface area contributed by atoms with Crippen LogP contribution in [0.25, 0.3) is 0 Å². The molecule has 0 atom stereocenters. The number of carbonyl (C=O) groups is 4. The Balaban J connectivity index is 0.000000215. The highest BCUT2D eigenvalue weighted by Crippen LogP contribution is 2.15. The average Bonchev–Trinajstić information content (AvgIpc) is 3.36. The van der Waals surface area contributed by atoms with Crippen molar-refractivity contribution < 1.29 is 19.2 Å². The molecule has 0 radical (unpaired) electrons. The third-order valence-corrected chi connectivity index (χ3v) is 13.2. The van der Waals surface area contributed by atoms with Gasteiger partial charge in [0, 0.05) is 159 Å². The molecule has 0 aliphatic carbocycles. The van der Waals surface area contributed by atoms with Crippen molar-refractivity contribution in [2.24, 2.45) is 0 Å². The van der Waals surface area contributed by atoms with Gasteiger partial charge in [0.15, 0.2) is 23.1 Å². The maximum atomic E-state index is 12.8. The van der Waals surface area contributed by atoms with Crippen molar-refractivity contribution in [1.29, 1.82) is 0 Å². The molecule has 0 bridgehead atoms. The lowest BCUT2D eigenvalue weighted by atomic mass is 10.0. The van der Waals surface area contributed by atoms with Crippen LogP contribution in [0, 0.1) is 0 Å². The van der Waals surface area contributed by atoms with E-state index in [1.54, 1.807) is 24.3 Å². The first-order valence-corrected chi connectivity index (χ1v) is 24.0. The molecular weight excluding hydrogens is 821 g/mol. The van der Waals surface area contributed by atoms with E-state index in [4.69, 9.17) is 0 Å². The fourth-order valence-corrected chi connectivity index (χ4v) is 8.98. The minimum absolute atomic E-state index is 0.0253. The number of Topliss-reactive ketones (excluding diaryl/α,β-unsaturated/α-hetero) is 4. The van der Waals surface area contributed by atoms with Gasteiger partial charge >= 0.3 is 0 Å². The van der Waals surface area contributed by atoms with Crippen molar-refractivity contribution in [3.05, 3.63) is 178 Å². The molecule has 346 valence electrons. The van der Waals surface area contributed by atoms with Gasteiger partial charge in [-0.15, -0.1) is 0 Å². The van der Waals surface area contributed by atoms with Crippen LogP contribution in [-0.4, -0.2) is 151 Å². The Labute approximate surface area is 392 Å². The highest BCUT2D eigenvalue weighted by molar-refractivity contribution is 6.00. The van der Waals surface area contributed by atoms with Crippen molar-refractivity contribution in [2.45, 2.75) is 45.8 Å². The monoisotopic (exact) mass is 889 g/mol. The van der Waals surface area contributed by atoms with Gasteiger partial charge in [0.25, 0.3) is 0 Å². The molecule has 0 unspecified atom stereocenters. The predicted molar refractivity (Wildman–Crippen MR) is 264 cm³/mol. The summed E-state index contributed by atoms with van der Waals surface area (Å²) in [5, 5.41) is 0. The second-order valence-corrected chi connectivity index (χ2v) is 18.0. The highest BCUT2D eigenvalue weighted by atomic mass is 16.1. The van der Waals surface area contributed by atoms with Crippen LogP contribution in [0.1, 0.15) is 84.3 Å². The quantitative estimate of drug-likeness (QED) is 0.0768. The van der Waals surface area contributed by atoms with E-state index >= 15 is 0 Å². The van der Waals surface area contributed by atoms with Gasteiger partial charge in [0.1, 0.15) is 0 Å². The summed E-state index contributed by atoms with van der Waals surface area (Å²) in [6.07, 6.45) is 1.56. The lowest BCUT2D eigenvalue weighted by Gasteiger charge is -2.34. The van der Waals surface area contributed by atoms with Crippen molar-refractivity contribution in [1.82, 2.24) is 29.4 Å². The van der Waals surface area contributed by atoms with Crippen LogP contribution >= 0.6 is 0 Å². The molecule has 0 amide bonds. The topological polar surface area (TPSA) is 87.7 Å². The van der Waals surface area contributed by atoms with Crippen molar-refractivity contribution in [3.63, 3.8) is 0 Å². The Kier molecular flexibility index (Phi) is 18.7. The largest absolute Gasteiger partial charge is 0.300 e. The summed E-state index contributed by atoms with van der Waals surface area (Å²) in [4.78, 5) is 63.9. The van der Waals surface area contributed by atoms with Crippen molar-refractivity contribution >= 4 is 23.1 Å². The van der Waals surface area contributed by atoms with E-state index in [0.29, 0.717) is 41.5 Å². The van der Waals surface area contributed by atoms with Crippen LogP contribution in [0.5, 0.6) is 0 Å². The fraction of sp³-hybridized carbons (Fsp3) is 0.393. The van der Waals surface area contributed by atoms with E-state index in [0.717, 1.165) is 118 Å². The van der Waals surface area contributed by atoms with E-state index in [1.807, 2.05) is 30.3 Å². The highest BCUT2D eigenvalue weighted by Gasteiger charge is 2.21. The van der Waals surface area contributed by atoms with Crippen molar-refractivity contribution in [2.75, 3.05) is 98.2 Å². The third kappa shape index (κ3) is 15.6. The molecule has 66 heavy (non-hydrogen) atoms. The van der Waals surface area contributed by atoms with E-state index in [9.17, 15) is 19.2 Å². The molecule has 0 spiro atoms. The second kappa shape index (κ2) is 25.4. The maximum Gasteiger partial charge on any atom is 0.164 e. The number of benzene rings is 5. The lowest BCUT2D eigenvalue weighted by Crippen LogP contribution is -2.46. The zero-order valence-electron chi connectivity index (χ0n) is 38.9. The number of piperazine rings is 3. The number of rotatable bonds is 19. The smallest absolute Gasteiger partial charge is 0.164 e. The van der Waals surface area contributed by atoms with Crippen LogP contribution in [0.3, 0.4) is 0 Å². The van der Waals surface area contributed by atoms with Crippen LogP contribution in [0.4, 0.5) is 0 Å². The van der Waals surface area contributed by atoms with Crippen LogP contribution in [-0.2, 0) is 19.6 Å². The number of nitrogens with zero attached hydrogens (tertiary/aromatic N) is 6. The van der Waals surface area contributed by atoms with Crippen LogP contribution < -0.4 is 0 Å². The first kappa shape index (κ1) is 48.5. The molecule has 3 saturated heterocycles. The standard InChI is InChI=1S/C34H42N4O2.C22H26N2O2/c39-33(15-17-35-19-23-37(24-20-35)27-29-7-3-1-4-8-29)31-11-13-32(14-12-31)34(40)16-18-36-21-25-38(26-22-36)28-30-9-5-2-6-10-30;1-18(25)20-7-9-21(10-8-20)22(26)11-12-23-13-15-24(16-14-23)17-19-5-3-2-4-6-19/h1-14H,15-28H2;2-10H,11-17H2,1H3. The van der Waals surface area contributed by atoms with Gasteiger partial charge in [-0.2, -0.15) is 0 Å². The molecular formula is C56H68N6O4. The summed E-state index contributed by atoms with van der Waals surface area (Å²) < 4.78 is 0. The first-order chi connectivity index (χ1) is 32.2. The summed E-state index contributed by atoms with van der Waals surface area (Å²) in [6, 6.07) is 46.1. The summed E-state index contributed by atoms with van der Waals surface area (Å²) in [5.74, 6) is 0.474. The molecule has 5 aromatic carbocycles. The molecule has 3 aliphatic heterocycles. The zero-order chi connectivity index (χ0) is 45.9. The van der Waals surface area contributed by atoms with Gasteiger partial charge in [-0.3, -0.25) is 33.9 Å². The molecule has 8 rings (SSSR count). The zero-order valence-corrected chi connectivity index (χ0v) is 38.9. The number of carbonyl (C=O) groups excluding carboxylic acids is 4. The molecule has 0 saturated carbocycles. The van der Waals surface area contributed by atoms with E-state index < -0.39 is 0 Å². The third-order valence-electron chi connectivity index (χ3n) is 13.2. The van der Waals surface area contributed by atoms with Gasteiger partial charge < -0.3 is 14.7 Å². The Morgan fingerprint density at radius 2 is 0.545 bits per heavy atom.